The van der Waals surface area contributed by atoms with Gasteiger partial charge in [-0.2, -0.15) is 0 Å². The molecular formula is C27H30N4O4. The zero-order chi connectivity index (χ0) is 24.8. The van der Waals surface area contributed by atoms with Crippen LogP contribution in [0.25, 0.3) is 10.8 Å². The van der Waals surface area contributed by atoms with Gasteiger partial charge in [-0.3, -0.25) is 19.9 Å². The van der Waals surface area contributed by atoms with Gasteiger partial charge in [-0.1, -0.05) is 18.2 Å². The minimum absolute atomic E-state index is 0.0423. The molecule has 0 saturated carbocycles. The second kappa shape index (κ2) is 11.0. The second-order valence-corrected chi connectivity index (χ2v) is 8.45. The molecule has 8 heteroatoms. The molecule has 3 aromatic rings. The van der Waals surface area contributed by atoms with Crippen LogP contribution in [0.2, 0.25) is 0 Å². The van der Waals surface area contributed by atoms with E-state index >= 15 is 0 Å². The van der Waals surface area contributed by atoms with Crippen molar-refractivity contribution in [3.05, 3.63) is 71.8 Å². The summed E-state index contributed by atoms with van der Waals surface area (Å²) in [5, 5.41) is 12.7. The summed E-state index contributed by atoms with van der Waals surface area (Å²) in [6.45, 7) is 3.61. The van der Waals surface area contributed by atoms with Gasteiger partial charge in [0.1, 0.15) is 24.2 Å². The summed E-state index contributed by atoms with van der Waals surface area (Å²) in [5.41, 5.74) is 7.19. The van der Waals surface area contributed by atoms with E-state index in [1.807, 2.05) is 24.3 Å². The van der Waals surface area contributed by atoms with Gasteiger partial charge in [0, 0.05) is 16.8 Å². The normalized spacial score (nSPS) is 13.9. The number of esters is 1. The quantitative estimate of drug-likeness (QED) is 0.261. The van der Waals surface area contributed by atoms with Crippen molar-refractivity contribution in [3.8, 4) is 5.75 Å². The Kier molecular flexibility index (Phi) is 7.62. The first-order valence-electron chi connectivity index (χ1n) is 11.8. The maximum atomic E-state index is 13.6. The van der Waals surface area contributed by atoms with E-state index in [4.69, 9.17) is 20.6 Å². The van der Waals surface area contributed by atoms with E-state index in [0.29, 0.717) is 16.8 Å². The molecule has 8 nitrogen and oxygen atoms in total. The SMILES string of the molecule is CCOC(=O)CN(C(=O)c1ccc2ccc(C(=N)N)cc2c1)c1ccc(OC2CCNCC2)cc1. The highest BCUT2D eigenvalue weighted by molar-refractivity contribution is 6.10. The molecule has 182 valence electrons. The molecule has 0 aromatic heterocycles. The summed E-state index contributed by atoms with van der Waals surface area (Å²) in [6.07, 6.45) is 2.06. The standard InChI is InChI=1S/C27H30N4O4/c1-2-34-25(32)17-31(22-7-9-23(10-8-22)35-24-11-13-30-14-12-24)27(33)20-6-4-18-3-5-19(26(28)29)15-21(18)16-20/h3-10,15-16,24,30H,2,11-14,17H2,1H3,(H3,28,29). The molecule has 0 aliphatic carbocycles. The van der Waals surface area contributed by atoms with Crippen molar-refractivity contribution in [1.82, 2.24) is 5.32 Å². The van der Waals surface area contributed by atoms with Gasteiger partial charge in [0.05, 0.1) is 6.61 Å². The summed E-state index contributed by atoms with van der Waals surface area (Å²) in [5.74, 6) is -0.137. The van der Waals surface area contributed by atoms with Gasteiger partial charge < -0.3 is 20.5 Å². The van der Waals surface area contributed by atoms with Crippen LogP contribution in [-0.4, -0.2) is 50.1 Å². The van der Waals surface area contributed by atoms with Crippen molar-refractivity contribution in [2.24, 2.45) is 5.73 Å². The molecular weight excluding hydrogens is 444 g/mol. The van der Waals surface area contributed by atoms with Gasteiger partial charge in [0.15, 0.2) is 0 Å². The summed E-state index contributed by atoms with van der Waals surface area (Å²) in [4.78, 5) is 27.3. The monoisotopic (exact) mass is 474 g/mol. The van der Waals surface area contributed by atoms with E-state index in [1.54, 1.807) is 43.3 Å². The molecule has 0 radical (unpaired) electrons. The first-order valence-corrected chi connectivity index (χ1v) is 11.8. The van der Waals surface area contributed by atoms with Gasteiger partial charge in [0.2, 0.25) is 0 Å². The topological polar surface area (TPSA) is 118 Å². The molecule has 1 amide bonds. The minimum Gasteiger partial charge on any atom is -0.490 e. The number of nitrogen functional groups attached to an aromatic ring is 1. The Bertz CT molecular complexity index is 1220. The number of rotatable bonds is 8. The Morgan fingerprint density at radius 3 is 2.31 bits per heavy atom. The first kappa shape index (κ1) is 24.2. The molecule has 0 bridgehead atoms. The highest BCUT2D eigenvalue weighted by Crippen LogP contribution is 2.25. The van der Waals surface area contributed by atoms with Crippen molar-refractivity contribution in [1.29, 1.82) is 5.41 Å². The zero-order valence-corrected chi connectivity index (χ0v) is 19.8. The summed E-state index contributed by atoms with van der Waals surface area (Å²) >= 11 is 0. The predicted molar refractivity (Wildman–Crippen MR) is 136 cm³/mol. The van der Waals surface area contributed by atoms with Crippen molar-refractivity contribution >= 4 is 34.2 Å². The van der Waals surface area contributed by atoms with Crippen LogP contribution >= 0.6 is 0 Å². The molecule has 35 heavy (non-hydrogen) atoms. The molecule has 0 atom stereocenters. The average molecular weight is 475 g/mol. The number of piperidine rings is 1. The van der Waals surface area contributed by atoms with Crippen LogP contribution in [0, 0.1) is 5.41 Å². The van der Waals surface area contributed by atoms with E-state index in [1.165, 1.54) is 4.90 Å². The third-order valence-electron chi connectivity index (χ3n) is 5.97. The first-order chi connectivity index (χ1) is 16.9. The molecule has 1 aliphatic rings. The van der Waals surface area contributed by atoms with E-state index in [9.17, 15) is 9.59 Å². The fourth-order valence-corrected chi connectivity index (χ4v) is 4.13. The van der Waals surface area contributed by atoms with E-state index in [-0.39, 0.29) is 31.0 Å². The second-order valence-electron chi connectivity index (χ2n) is 8.45. The molecule has 1 saturated heterocycles. The predicted octanol–water partition coefficient (Wildman–Crippen LogP) is 3.46. The average Bonchev–Trinajstić information content (AvgIpc) is 2.87. The van der Waals surface area contributed by atoms with Crippen LogP contribution < -0.4 is 20.7 Å². The van der Waals surface area contributed by atoms with Gasteiger partial charge >= 0.3 is 5.97 Å². The Labute approximate surface area is 204 Å². The number of amides is 1. The molecule has 1 fully saturated rings. The molecule has 4 N–H and O–H groups in total. The third-order valence-corrected chi connectivity index (χ3v) is 5.97. The lowest BCUT2D eigenvalue weighted by Gasteiger charge is -2.25. The maximum absolute atomic E-state index is 13.6. The van der Waals surface area contributed by atoms with Gasteiger partial charge in [0.25, 0.3) is 5.91 Å². The number of ether oxygens (including phenoxy) is 2. The summed E-state index contributed by atoms with van der Waals surface area (Å²) < 4.78 is 11.2. The van der Waals surface area contributed by atoms with Crippen molar-refractivity contribution in [2.75, 3.05) is 31.1 Å². The highest BCUT2D eigenvalue weighted by atomic mass is 16.5. The number of nitrogens with one attached hydrogen (secondary N) is 2. The Hall–Kier alpha value is -3.91. The minimum atomic E-state index is -0.490. The number of hydrogen-bond donors (Lipinski definition) is 3. The number of nitrogens with zero attached hydrogens (tertiary/aromatic N) is 1. The summed E-state index contributed by atoms with van der Waals surface area (Å²) in [7, 11) is 0. The lowest BCUT2D eigenvalue weighted by atomic mass is 10.0. The zero-order valence-electron chi connectivity index (χ0n) is 19.8. The molecule has 4 rings (SSSR count). The molecule has 0 spiro atoms. The molecule has 1 aliphatic heterocycles. The number of fused-ring (bicyclic) bond motifs is 1. The Morgan fingerprint density at radius 1 is 1.00 bits per heavy atom. The fourth-order valence-electron chi connectivity index (χ4n) is 4.13. The van der Waals surface area contributed by atoms with E-state index < -0.39 is 5.97 Å². The van der Waals surface area contributed by atoms with E-state index in [2.05, 4.69) is 5.32 Å². The van der Waals surface area contributed by atoms with E-state index in [0.717, 1.165) is 42.5 Å². The van der Waals surface area contributed by atoms with Crippen LogP contribution in [0.15, 0.2) is 60.7 Å². The summed E-state index contributed by atoms with van der Waals surface area (Å²) in [6, 6.07) is 17.9. The van der Waals surface area contributed by atoms with Gasteiger partial charge in [-0.15, -0.1) is 0 Å². The number of hydrogen-bond acceptors (Lipinski definition) is 6. The lowest BCUT2D eigenvalue weighted by molar-refractivity contribution is -0.141. The van der Waals surface area contributed by atoms with Gasteiger partial charge in [-0.05, 0) is 86.1 Å². The molecule has 0 unspecified atom stereocenters. The third kappa shape index (κ3) is 5.96. The maximum Gasteiger partial charge on any atom is 0.326 e. The number of nitrogens with two attached hydrogens (primary N) is 1. The van der Waals surface area contributed by atoms with Crippen molar-refractivity contribution in [3.63, 3.8) is 0 Å². The smallest absolute Gasteiger partial charge is 0.326 e. The largest absolute Gasteiger partial charge is 0.490 e. The van der Waals surface area contributed by atoms with Crippen molar-refractivity contribution < 1.29 is 19.1 Å². The Balaban J connectivity index is 1.60. The van der Waals surface area contributed by atoms with Crippen LogP contribution in [0.3, 0.4) is 0 Å². The van der Waals surface area contributed by atoms with Gasteiger partial charge in [-0.25, -0.2) is 0 Å². The van der Waals surface area contributed by atoms with Crippen LogP contribution in [0.1, 0.15) is 35.7 Å². The lowest BCUT2D eigenvalue weighted by Crippen LogP contribution is -2.36. The van der Waals surface area contributed by atoms with Crippen LogP contribution in [0.4, 0.5) is 5.69 Å². The molecule has 1 heterocycles. The Morgan fingerprint density at radius 2 is 1.66 bits per heavy atom. The number of anilines is 1. The number of amidine groups is 1. The number of benzene rings is 3. The molecule has 3 aromatic carbocycles. The number of carbonyl (C=O) groups excluding carboxylic acids is 2. The highest BCUT2D eigenvalue weighted by Gasteiger charge is 2.22. The van der Waals surface area contributed by atoms with Crippen LogP contribution in [0.5, 0.6) is 5.75 Å². The van der Waals surface area contributed by atoms with Crippen LogP contribution in [-0.2, 0) is 9.53 Å². The van der Waals surface area contributed by atoms with Crippen molar-refractivity contribution in [2.45, 2.75) is 25.9 Å². The fraction of sp³-hybridized carbons (Fsp3) is 0.296. The number of carbonyl (C=O) groups is 2.